The lowest BCUT2D eigenvalue weighted by molar-refractivity contribution is -0.115. The zero-order valence-corrected chi connectivity index (χ0v) is 11.0. The summed E-state index contributed by atoms with van der Waals surface area (Å²) < 4.78 is 0. The van der Waals surface area contributed by atoms with Gasteiger partial charge in [0.05, 0.1) is 18.3 Å². The number of hydrogen-bond donors (Lipinski definition) is 2. The Morgan fingerprint density at radius 3 is 2.84 bits per heavy atom. The van der Waals surface area contributed by atoms with Crippen LogP contribution in [0.15, 0.2) is 24.4 Å². The Morgan fingerprint density at radius 2 is 2.21 bits per heavy atom. The van der Waals surface area contributed by atoms with Crippen LogP contribution in [0.25, 0.3) is 0 Å². The molecule has 7 heteroatoms. The molecule has 0 aliphatic heterocycles. The minimum absolute atomic E-state index is 0.120. The van der Waals surface area contributed by atoms with E-state index in [1.165, 1.54) is 6.20 Å². The summed E-state index contributed by atoms with van der Waals surface area (Å²) in [5.41, 5.74) is 7.37. The van der Waals surface area contributed by atoms with Crippen LogP contribution in [-0.2, 0) is 11.2 Å². The van der Waals surface area contributed by atoms with E-state index in [1.54, 1.807) is 25.1 Å². The molecule has 0 aliphatic rings. The quantitative estimate of drug-likeness (QED) is 0.831. The molecule has 0 unspecified atom stereocenters. The van der Waals surface area contributed by atoms with E-state index in [1.807, 2.05) is 0 Å². The number of aromatic nitrogens is 3. The summed E-state index contributed by atoms with van der Waals surface area (Å²) in [7, 11) is 0. The molecular formula is C12H12ClN5O. The van der Waals surface area contributed by atoms with Gasteiger partial charge in [-0.2, -0.15) is 0 Å². The van der Waals surface area contributed by atoms with Gasteiger partial charge in [0.25, 0.3) is 0 Å². The fourth-order valence-electron chi connectivity index (χ4n) is 1.46. The van der Waals surface area contributed by atoms with E-state index in [0.717, 1.165) is 0 Å². The summed E-state index contributed by atoms with van der Waals surface area (Å²) >= 11 is 5.78. The Hall–Kier alpha value is -2.21. The number of halogens is 1. The first-order chi connectivity index (χ1) is 9.02. The maximum absolute atomic E-state index is 11.8. The number of anilines is 2. The summed E-state index contributed by atoms with van der Waals surface area (Å²) in [6.07, 6.45) is 1.62. The van der Waals surface area contributed by atoms with Crippen LogP contribution in [0.5, 0.6) is 0 Å². The second-order valence-electron chi connectivity index (χ2n) is 3.96. The van der Waals surface area contributed by atoms with Crippen molar-refractivity contribution in [3.8, 4) is 0 Å². The first-order valence-corrected chi connectivity index (χ1v) is 5.92. The predicted molar refractivity (Wildman–Crippen MR) is 72.8 cm³/mol. The SMILES string of the molecule is Cc1cc(Cl)nc(NC(=O)Cc2ccc(N)cn2)n1. The molecule has 0 atom stereocenters. The molecule has 3 N–H and O–H groups in total. The average Bonchev–Trinajstić information content (AvgIpc) is 2.30. The number of carbonyl (C=O) groups excluding carboxylic acids is 1. The van der Waals surface area contributed by atoms with E-state index in [0.29, 0.717) is 17.1 Å². The van der Waals surface area contributed by atoms with E-state index in [9.17, 15) is 4.79 Å². The van der Waals surface area contributed by atoms with E-state index in [-0.39, 0.29) is 23.4 Å². The minimum Gasteiger partial charge on any atom is -0.397 e. The molecule has 98 valence electrons. The van der Waals surface area contributed by atoms with Gasteiger partial charge in [-0.05, 0) is 25.1 Å². The van der Waals surface area contributed by atoms with Crippen molar-refractivity contribution >= 4 is 29.1 Å². The van der Waals surface area contributed by atoms with E-state index in [4.69, 9.17) is 17.3 Å². The lowest BCUT2D eigenvalue weighted by Gasteiger charge is -2.04. The van der Waals surface area contributed by atoms with Crippen LogP contribution in [0, 0.1) is 6.92 Å². The van der Waals surface area contributed by atoms with Crippen molar-refractivity contribution in [3.63, 3.8) is 0 Å². The van der Waals surface area contributed by atoms with Crippen molar-refractivity contribution in [1.29, 1.82) is 0 Å². The van der Waals surface area contributed by atoms with Gasteiger partial charge in [0.2, 0.25) is 11.9 Å². The number of hydrogen-bond acceptors (Lipinski definition) is 5. The Kier molecular flexibility index (Phi) is 3.91. The number of carbonyl (C=O) groups is 1. The lowest BCUT2D eigenvalue weighted by Crippen LogP contribution is -2.17. The molecule has 2 aromatic heterocycles. The number of aryl methyl sites for hydroxylation is 1. The number of pyridine rings is 1. The van der Waals surface area contributed by atoms with Crippen LogP contribution in [0.2, 0.25) is 5.15 Å². The van der Waals surface area contributed by atoms with E-state index < -0.39 is 0 Å². The summed E-state index contributed by atoms with van der Waals surface area (Å²) in [6, 6.07) is 4.99. The summed E-state index contributed by atoms with van der Waals surface area (Å²) in [4.78, 5) is 23.8. The fraction of sp³-hybridized carbons (Fsp3) is 0.167. The summed E-state index contributed by atoms with van der Waals surface area (Å²) in [6.45, 7) is 1.77. The number of rotatable bonds is 3. The molecule has 0 aromatic carbocycles. The molecule has 1 amide bonds. The molecule has 0 spiro atoms. The van der Waals surface area contributed by atoms with E-state index in [2.05, 4.69) is 20.3 Å². The summed E-state index contributed by atoms with van der Waals surface area (Å²) in [5, 5.41) is 2.86. The Labute approximate surface area is 115 Å². The van der Waals surface area contributed by atoms with Gasteiger partial charge in [-0.1, -0.05) is 11.6 Å². The third-order valence-electron chi connectivity index (χ3n) is 2.26. The molecule has 0 saturated carbocycles. The van der Waals surface area contributed by atoms with Crippen molar-refractivity contribution in [1.82, 2.24) is 15.0 Å². The smallest absolute Gasteiger partial charge is 0.232 e. The zero-order chi connectivity index (χ0) is 13.8. The third kappa shape index (κ3) is 3.89. The van der Waals surface area contributed by atoms with Crippen molar-refractivity contribution in [2.24, 2.45) is 0 Å². The van der Waals surface area contributed by atoms with Gasteiger partial charge >= 0.3 is 0 Å². The molecule has 2 heterocycles. The number of amides is 1. The number of nitrogens with zero attached hydrogens (tertiary/aromatic N) is 3. The molecule has 0 fully saturated rings. The maximum Gasteiger partial charge on any atom is 0.232 e. The monoisotopic (exact) mass is 277 g/mol. The van der Waals surface area contributed by atoms with Crippen LogP contribution in [-0.4, -0.2) is 20.9 Å². The molecule has 0 saturated heterocycles. The van der Waals surface area contributed by atoms with Crippen LogP contribution < -0.4 is 11.1 Å². The second-order valence-corrected chi connectivity index (χ2v) is 4.35. The van der Waals surface area contributed by atoms with Gasteiger partial charge in [-0.25, -0.2) is 9.97 Å². The van der Waals surface area contributed by atoms with Gasteiger partial charge in [0, 0.05) is 11.4 Å². The molecule has 2 aromatic rings. The molecular weight excluding hydrogens is 266 g/mol. The maximum atomic E-state index is 11.8. The zero-order valence-electron chi connectivity index (χ0n) is 10.2. The highest BCUT2D eigenvalue weighted by molar-refractivity contribution is 6.29. The fourth-order valence-corrected chi connectivity index (χ4v) is 1.70. The van der Waals surface area contributed by atoms with Crippen molar-refractivity contribution < 1.29 is 4.79 Å². The van der Waals surface area contributed by atoms with Crippen molar-refractivity contribution in [3.05, 3.63) is 40.9 Å². The average molecular weight is 278 g/mol. The first kappa shape index (κ1) is 13.2. The Bertz CT molecular complexity index is 579. The van der Waals surface area contributed by atoms with Crippen molar-refractivity contribution in [2.75, 3.05) is 11.1 Å². The third-order valence-corrected chi connectivity index (χ3v) is 2.46. The standard InChI is InChI=1S/C12H12ClN5O/c1-7-4-10(13)17-12(16-7)18-11(19)5-9-3-2-8(14)6-15-9/h2-4,6H,5,14H2,1H3,(H,16,17,18,19). The van der Waals surface area contributed by atoms with Gasteiger partial charge in [-0.3, -0.25) is 15.1 Å². The molecule has 0 bridgehead atoms. The Balaban J connectivity index is 2.03. The largest absolute Gasteiger partial charge is 0.397 e. The van der Waals surface area contributed by atoms with Crippen LogP contribution in [0.4, 0.5) is 11.6 Å². The number of nitrogens with two attached hydrogens (primary N) is 1. The van der Waals surface area contributed by atoms with Crippen LogP contribution in [0.1, 0.15) is 11.4 Å². The molecule has 19 heavy (non-hydrogen) atoms. The van der Waals surface area contributed by atoms with Crippen molar-refractivity contribution in [2.45, 2.75) is 13.3 Å². The second kappa shape index (κ2) is 5.62. The molecule has 0 radical (unpaired) electrons. The van der Waals surface area contributed by atoms with Gasteiger partial charge < -0.3 is 5.73 Å². The minimum atomic E-state index is -0.265. The van der Waals surface area contributed by atoms with Crippen LogP contribution >= 0.6 is 11.6 Å². The highest BCUT2D eigenvalue weighted by Gasteiger charge is 2.08. The Morgan fingerprint density at radius 1 is 1.42 bits per heavy atom. The predicted octanol–water partition coefficient (Wildman–Crippen LogP) is 1.60. The first-order valence-electron chi connectivity index (χ1n) is 5.54. The van der Waals surface area contributed by atoms with E-state index >= 15 is 0 Å². The number of nitrogen functional groups attached to an aromatic ring is 1. The van der Waals surface area contributed by atoms with Gasteiger partial charge in [-0.15, -0.1) is 0 Å². The van der Waals surface area contributed by atoms with Gasteiger partial charge in [0.15, 0.2) is 0 Å². The molecule has 2 rings (SSSR count). The highest BCUT2D eigenvalue weighted by Crippen LogP contribution is 2.10. The van der Waals surface area contributed by atoms with Crippen LogP contribution in [0.3, 0.4) is 0 Å². The lowest BCUT2D eigenvalue weighted by atomic mass is 10.2. The number of nitrogens with one attached hydrogen (secondary N) is 1. The highest BCUT2D eigenvalue weighted by atomic mass is 35.5. The normalized spacial score (nSPS) is 10.2. The molecule has 0 aliphatic carbocycles. The topological polar surface area (TPSA) is 93.8 Å². The molecule has 6 nitrogen and oxygen atoms in total. The summed E-state index contributed by atoms with van der Waals surface area (Å²) in [5.74, 6) is -0.0793. The van der Waals surface area contributed by atoms with Gasteiger partial charge in [0.1, 0.15) is 5.15 Å².